The van der Waals surface area contributed by atoms with Gasteiger partial charge in [-0.25, -0.2) is 4.79 Å². The maximum atomic E-state index is 12.2. The molecular formula is C9H16F3NO3. The van der Waals surface area contributed by atoms with Crippen molar-refractivity contribution in [3.8, 4) is 0 Å². The fourth-order valence-electron chi connectivity index (χ4n) is 0.804. The first kappa shape index (κ1) is 15.0. The summed E-state index contributed by atoms with van der Waals surface area (Å²) >= 11 is 0. The van der Waals surface area contributed by atoms with Crippen LogP contribution < -0.4 is 5.32 Å². The van der Waals surface area contributed by atoms with Gasteiger partial charge in [0.15, 0.2) is 0 Å². The Morgan fingerprint density at radius 1 is 1.38 bits per heavy atom. The van der Waals surface area contributed by atoms with Gasteiger partial charge in [0.25, 0.3) is 0 Å². The molecule has 0 bridgehead atoms. The number of alkyl carbamates (subject to hydrolysis) is 1. The predicted octanol–water partition coefficient (Wildman–Crippen LogP) is 1.68. The van der Waals surface area contributed by atoms with Gasteiger partial charge in [-0.05, 0) is 20.8 Å². The highest BCUT2D eigenvalue weighted by molar-refractivity contribution is 5.67. The van der Waals surface area contributed by atoms with Gasteiger partial charge < -0.3 is 15.2 Å². The zero-order chi connectivity index (χ0) is 13.0. The van der Waals surface area contributed by atoms with E-state index in [9.17, 15) is 18.0 Å². The molecule has 0 aliphatic rings. The van der Waals surface area contributed by atoms with Crippen LogP contribution in [0.25, 0.3) is 0 Å². The van der Waals surface area contributed by atoms with E-state index in [2.05, 4.69) is 0 Å². The van der Waals surface area contributed by atoms with Gasteiger partial charge in [-0.1, -0.05) is 0 Å². The van der Waals surface area contributed by atoms with Gasteiger partial charge in [0.1, 0.15) is 5.60 Å². The molecule has 0 aliphatic heterocycles. The number of aliphatic hydroxyl groups is 1. The number of nitrogens with one attached hydrogen (secondary N) is 1. The fraction of sp³-hybridized carbons (Fsp3) is 0.889. The molecule has 1 atom stereocenters. The zero-order valence-electron chi connectivity index (χ0n) is 9.39. The lowest BCUT2D eigenvalue weighted by molar-refractivity contribution is -0.181. The van der Waals surface area contributed by atoms with Gasteiger partial charge in [0.05, 0.1) is 12.5 Å². The SMILES string of the molecule is CC(C)(C)OC(=O)NCC(CO)C(F)(F)F. The molecule has 7 heteroatoms. The number of aliphatic hydroxyl groups excluding tert-OH is 1. The Labute approximate surface area is 91.8 Å². The number of rotatable bonds is 3. The minimum atomic E-state index is -4.54. The number of ether oxygens (including phenoxy) is 1. The summed E-state index contributed by atoms with van der Waals surface area (Å²) in [6.45, 7) is 3.02. The Morgan fingerprint density at radius 3 is 2.19 bits per heavy atom. The summed E-state index contributed by atoms with van der Waals surface area (Å²) in [5, 5.41) is 10.5. The average molecular weight is 243 g/mol. The van der Waals surface area contributed by atoms with E-state index >= 15 is 0 Å². The monoisotopic (exact) mass is 243 g/mol. The minimum absolute atomic E-state index is 0.699. The number of halogens is 3. The Morgan fingerprint density at radius 2 is 1.88 bits per heavy atom. The maximum Gasteiger partial charge on any atom is 0.407 e. The molecule has 0 aromatic rings. The molecular weight excluding hydrogens is 227 g/mol. The number of alkyl halides is 3. The van der Waals surface area contributed by atoms with Crippen molar-refractivity contribution in [3.63, 3.8) is 0 Å². The van der Waals surface area contributed by atoms with E-state index in [1.54, 1.807) is 20.8 Å². The van der Waals surface area contributed by atoms with Crippen LogP contribution >= 0.6 is 0 Å². The van der Waals surface area contributed by atoms with Crippen LogP contribution in [0.2, 0.25) is 0 Å². The van der Waals surface area contributed by atoms with Crippen LogP contribution in [0.4, 0.5) is 18.0 Å². The third-order valence-electron chi connectivity index (χ3n) is 1.57. The first-order chi connectivity index (χ1) is 7.06. The average Bonchev–Trinajstić information content (AvgIpc) is 1.98. The van der Waals surface area contributed by atoms with Crippen LogP contribution in [0.3, 0.4) is 0 Å². The van der Waals surface area contributed by atoms with E-state index in [4.69, 9.17) is 9.84 Å². The lowest BCUT2D eigenvalue weighted by Crippen LogP contribution is -2.40. The van der Waals surface area contributed by atoms with Gasteiger partial charge in [0, 0.05) is 6.54 Å². The van der Waals surface area contributed by atoms with Crippen LogP contribution in [0.15, 0.2) is 0 Å². The van der Waals surface area contributed by atoms with E-state index in [0.29, 0.717) is 0 Å². The van der Waals surface area contributed by atoms with Crippen molar-refractivity contribution in [2.24, 2.45) is 5.92 Å². The van der Waals surface area contributed by atoms with Crippen molar-refractivity contribution in [3.05, 3.63) is 0 Å². The van der Waals surface area contributed by atoms with Crippen LogP contribution in [0.5, 0.6) is 0 Å². The Bertz CT molecular complexity index is 235. The molecule has 0 aromatic heterocycles. The lowest BCUT2D eigenvalue weighted by atomic mass is 10.1. The number of carbonyl (C=O) groups excluding carboxylic acids is 1. The van der Waals surface area contributed by atoms with Crippen LogP contribution in [0.1, 0.15) is 20.8 Å². The summed E-state index contributed by atoms with van der Waals surface area (Å²) < 4.78 is 41.2. The summed E-state index contributed by atoms with van der Waals surface area (Å²) in [6, 6.07) is 0. The summed E-state index contributed by atoms with van der Waals surface area (Å²) in [6.07, 6.45) is -5.47. The Balaban J connectivity index is 4.09. The van der Waals surface area contributed by atoms with Crippen molar-refractivity contribution in [1.29, 1.82) is 0 Å². The van der Waals surface area contributed by atoms with Crippen molar-refractivity contribution < 1.29 is 27.8 Å². The fourth-order valence-corrected chi connectivity index (χ4v) is 0.804. The molecule has 0 aromatic carbocycles. The van der Waals surface area contributed by atoms with Gasteiger partial charge in [-0.15, -0.1) is 0 Å². The lowest BCUT2D eigenvalue weighted by Gasteiger charge is -2.22. The van der Waals surface area contributed by atoms with Gasteiger partial charge in [0.2, 0.25) is 0 Å². The summed E-state index contributed by atoms with van der Waals surface area (Å²) in [4.78, 5) is 11.0. The molecule has 0 rings (SSSR count). The molecule has 0 saturated heterocycles. The number of hydrogen-bond acceptors (Lipinski definition) is 3. The molecule has 0 heterocycles. The van der Waals surface area contributed by atoms with Gasteiger partial charge in [-0.2, -0.15) is 13.2 Å². The molecule has 0 spiro atoms. The van der Waals surface area contributed by atoms with Crippen LogP contribution in [0, 0.1) is 5.92 Å². The maximum absolute atomic E-state index is 12.2. The Kier molecular flexibility index (Phi) is 5.05. The third-order valence-corrected chi connectivity index (χ3v) is 1.57. The van der Waals surface area contributed by atoms with Gasteiger partial charge >= 0.3 is 12.3 Å². The summed E-state index contributed by atoms with van der Waals surface area (Å²) in [5.74, 6) is -1.97. The topological polar surface area (TPSA) is 58.6 Å². The smallest absolute Gasteiger partial charge is 0.407 e. The Hall–Kier alpha value is -0.980. The predicted molar refractivity (Wildman–Crippen MR) is 50.9 cm³/mol. The molecule has 0 saturated carbocycles. The molecule has 0 aliphatic carbocycles. The summed E-state index contributed by atoms with van der Waals surface area (Å²) in [7, 11) is 0. The molecule has 16 heavy (non-hydrogen) atoms. The van der Waals surface area contributed by atoms with E-state index in [0.717, 1.165) is 0 Å². The highest BCUT2D eigenvalue weighted by atomic mass is 19.4. The third kappa shape index (κ3) is 6.49. The van der Waals surface area contributed by atoms with E-state index < -0.39 is 36.9 Å². The van der Waals surface area contributed by atoms with Crippen LogP contribution in [-0.2, 0) is 4.74 Å². The summed E-state index contributed by atoms with van der Waals surface area (Å²) in [5.41, 5.74) is -0.767. The van der Waals surface area contributed by atoms with Crippen molar-refractivity contribution >= 4 is 6.09 Å². The zero-order valence-corrected chi connectivity index (χ0v) is 9.39. The first-order valence-corrected chi connectivity index (χ1v) is 4.70. The number of hydrogen-bond donors (Lipinski definition) is 2. The normalized spacial score (nSPS) is 14.4. The van der Waals surface area contributed by atoms with E-state index in [-0.39, 0.29) is 0 Å². The van der Waals surface area contributed by atoms with Gasteiger partial charge in [-0.3, -0.25) is 0 Å². The van der Waals surface area contributed by atoms with Crippen molar-refractivity contribution in [2.45, 2.75) is 32.5 Å². The van der Waals surface area contributed by atoms with E-state index in [1.807, 2.05) is 5.32 Å². The molecule has 96 valence electrons. The van der Waals surface area contributed by atoms with Crippen molar-refractivity contribution in [1.82, 2.24) is 5.32 Å². The molecule has 0 radical (unpaired) electrons. The molecule has 2 N–H and O–H groups in total. The highest BCUT2D eigenvalue weighted by Gasteiger charge is 2.39. The quantitative estimate of drug-likeness (QED) is 0.792. The number of amides is 1. The highest BCUT2D eigenvalue weighted by Crippen LogP contribution is 2.25. The second-order valence-electron chi connectivity index (χ2n) is 4.30. The number of carbonyl (C=O) groups is 1. The minimum Gasteiger partial charge on any atom is -0.444 e. The molecule has 1 amide bonds. The van der Waals surface area contributed by atoms with Crippen molar-refractivity contribution in [2.75, 3.05) is 13.2 Å². The van der Waals surface area contributed by atoms with Crippen LogP contribution in [-0.4, -0.2) is 36.1 Å². The molecule has 4 nitrogen and oxygen atoms in total. The largest absolute Gasteiger partial charge is 0.444 e. The standard InChI is InChI=1S/C9H16F3NO3/c1-8(2,3)16-7(15)13-4-6(5-14)9(10,11)12/h6,14H,4-5H2,1-3H3,(H,13,15). The van der Waals surface area contributed by atoms with E-state index in [1.165, 1.54) is 0 Å². The second kappa shape index (κ2) is 5.38. The first-order valence-electron chi connectivity index (χ1n) is 4.70. The molecule has 1 unspecified atom stereocenters. The molecule has 0 fully saturated rings. The second-order valence-corrected chi connectivity index (χ2v) is 4.30.